The van der Waals surface area contributed by atoms with Gasteiger partial charge in [0.1, 0.15) is 0 Å². The number of rotatable bonds is 5. The van der Waals surface area contributed by atoms with Crippen LogP contribution in [-0.4, -0.2) is 47.9 Å². The van der Waals surface area contributed by atoms with Crippen LogP contribution >= 0.6 is 0 Å². The van der Waals surface area contributed by atoms with Crippen molar-refractivity contribution in [2.45, 2.75) is 30.4 Å². The molecule has 1 aliphatic heterocycles. The molecule has 0 spiro atoms. The summed E-state index contributed by atoms with van der Waals surface area (Å²) in [7, 11) is -3.64. The van der Waals surface area contributed by atoms with Gasteiger partial charge in [0, 0.05) is 31.2 Å². The number of fused-ring (bicyclic) bond motifs is 1. The first-order valence-electron chi connectivity index (χ1n) is 9.32. The van der Waals surface area contributed by atoms with E-state index in [2.05, 4.69) is 10.3 Å². The monoisotopic (exact) mass is 415 g/mol. The molecule has 1 atom stereocenters. The molecule has 2 aromatic heterocycles. The molecule has 9 heteroatoms. The predicted molar refractivity (Wildman–Crippen MR) is 106 cm³/mol. The van der Waals surface area contributed by atoms with Crippen molar-refractivity contribution in [1.82, 2.24) is 14.6 Å². The van der Waals surface area contributed by atoms with Gasteiger partial charge in [0.25, 0.3) is 5.91 Å². The fraction of sp³-hybridized carbons (Fsp3) is 0.300. The van der Waals surface area contributed by atoms with Gasteiger partial charge in [-0.25, -0.2) is 8.42 Å². The first kappa shape index (κ1) is 19.6. The molecule has 3 heterocycles. The summed E-state index contributed by atoms with van der Waals surface area (Å²) in [6.07, 6.45) is 3.81. The van der Waals surface area contributed by atoms with Crippen LogP contribution < -0.4 is 5.32 Å². The first-order chi connectivity index (χ1) is 13.9. The molecule has 3 aromatic rings. The Morgan fingerprint density at radius 3 is 2.79 bits per heavy atom. The molecule has 1 aromatic carbocycles. The Kier molecular flexibility index (Phi) is 5.35. The number of amides is 1. The fourth-order valence-electron chi connectivity index (χ4n) is 3.33. The van der Waals surface area contributed by atoms with Crippen molar-refractivity contribution in [2.75, 3.05) is 13.1 Å². The van der Waals surface area contributed by atoms with Crippen molar-refractivity contribution >= 4 is 26.9 Å². The van der Waals surface area contributed by atoms with E-state index in [0.29, 0.717) is 25.0 Å². The largest absolute Gasteiger partial charge is 0.449 e. The third-order valence-electron chi connectivity index (χ3n) is 4.92. The van der Waals surface area contributed by atoms with Crippen LogP contribution in [-0.2, 0) is 16.6 Å². The molecule has 2 N–H and O–H groups in total. The minimum Gasteiger partial charge on any atom is -0.449 e. The Morgan fingerprint density at radius 2 is 2.07 bits per heavy atom. The van der Waals surface area contributed by atoms with Crippen LogP contribution in [0.25, 0.3) is 11.0 Å². The van der Waals surface area contributed by atoms with E-state index in [4.69, 9.17) is 4.42 Å². The second kappa shape index (κ2) is 7.94. The third-order valence-corrected chi connectivity index (χ3v) is 6.80. The predicted octanol–water partition coefficient (Wildman–Crippen LogP) is 1.90. The minimum atomic E-state index is -3.64. The summed E-state index contributed by atoms with van der Waals surface area (Å²) in [6.45, 7) is 0.758. The number of aromatic nitrogens is 1. The number of β-amino-alcohol motifs (C(OH)–C–C–N with tert-alkyl or cyclic N) is 1. The molecule has 0 saturated carbocycles. The van der Waals surface area contributed by atoms with Crippen molar-refractivity contribution < 1.29 is 22.7 Å². The fourth-order valence-corrected chi connectivity index (χ4v) is 4.85. The molecule has 0 aliphatic carbocycles. The number of aliphatic hydroxyl groups excluding tert-OH is 1. The topological polar surface area (TPSA) is 113 Å². The van der Waals surface area contributed by atoms with Crippen molar-refractivity contribution in [3.63, 3.8) is 0 Å². The molecule has 4 rings (SSSR count). The summed E-state index contributed by atoms with van der Waals surface area (Å²) >= 11 is 0. The number of carbonyl (C=O) groups is 1. The lowest BCUT2D eigenvalue weighted by Gasteiger charge is -2.29. The van der Waals surface area contributed by atoms with E-state index >= 15 is 0 Å². The van der Waals surface area contributed by atoms with Crippen LogP contribution in [0.5, 0.6) is 0 Å². The lowest BCUT2D eigenvalue weighted by atomic mass is 10.1. The van der Waals surface area contributed by atoms with Gasteiger partial charge in [-0.05, 0) is 42.7 Å². The zero-order chi connectivity index (χ0) is 20.4. The van der Waals surface area contributed by atoms with E-state index < -0.39 is 16.1 Å². The molecule has 152 valence electrons. The van der Waals surface area contributed by atoms with E-state index in [1.165, 1.54) is 16.4 Å². The van der Waals surface area contributed by atoms with E-state index in [0.717, 1.165) is 10.9 Å². The number of pyridine rings is 1. The molecular weight excluding hydrogens is 394 g/mol. The molecule has 0 radical (unpaired) electrons. The van der Waals surface area contributed by atoms with Crippen LogP contribution in [0.3, 0.4) is 0 Å². The standard InChI is InChI=1S/C20H21N3O5S/c24-16-2-1-9-23(13-16)29(26,27)17-5-3-14(4-6-17)11-22-20(25)18-10-15-7-8-21-12-19(15)28-18/h3-8,10,12,16,24H,1-2,9,11,13H2,(H,22,25)/t16-/m1/s1. The quantitative estimate of drug-likeness (QED) is 0.658. The normalized spacial score (nSPS) is 18.0. The van der Waals surface area contributed by atoms with Crippen molar-refractivity contribution in [2.24, 2.45) is 0 Å². The molecule has 1 fully saturated rings. The van der Waals surface area contributed by atoms with Crippen molar-refractivity contribution in [3.8, 4) is 0 Å². The highest BCUT2D eigenvalue weighted by atomic mass is 32.2. The number of benzene rings is 1. The van der Waals surface area contributed by atoms with Crippen LogP contribution in [0, 0.1) is 0 Å². The van der Waals surface area contributed by atoms with Gasteiger partial charge < -0.3 is 14.8 Å². The summed E-state index contributed by atoms with van der Waals surface area (Å²) in [5, 5.41) is 13.3. The molecule has 29 heavy (non-hydrogen) atoms. The molecule has 8 nitrogen and oxygen atoms in total. The number of hydrogen-bond acceptors (Lipinski definition) is 6. The first-order valence-corrected chi connectivity index (χ1v) is 10.8. The number of piperidine rings is 1. The number of nitrogens with zero attached hydrogens (tertiary/aromatic N) is 2. The van der Waals surface area contributed by atoms with Gasteiger partial charge in [-0.1, -0.05) is 12.1 Å². The second-order valence-corrected chi connectivity index (χ2v) is 8.95. The molecule has 1 aliphatic rings. The Bertz CT molecular complexity index is 1090. The van der Waals surface area contributed by atoms with Crippen LogP contribution in [0.15, 0.2) is 58.1 Å². The minimum absolute atomic E-state index is 0.118. The second-order valence-electron chi connectivity index (χ2n) is 7.01. The highest BCUT2D eigenvalue weighted by Gasteiger charge is 2.29. The lowest BCUT2D eigenvalue weighted by Crippen LogP contribution is -2.42. The molecule has 1 saturated heterocycles. The summed E-state index contributed by atoms with van der Waals surface area (Å²) in [5.41, 5.74) is 1.30. The van der Waals surface area contributed by atoms with Gasteiger partial charge in [-0.3, -0.25) is 9.78 Å². The number of nitrogens with one attached hydrogen (secondary N) is 1. The average Bonchev–Trinajstić information content (AvgIpc) is 3.17. The third kappa shape index (κ3) is 4.16. The van der Waals surface area contributed by atoms with E-state index in [1.54, 1.807) is 36.7 Å². The maximum Gasteiger partial charge on any atom is 0.287 e. The molecular formula is C20H21N3O5S. The number of carbonyl (C=O) groups excluding carboxylic acids is 1. The summed E-state index contributed by atoms with van der Waals surface area (Å²) in [6, 6.07) is 9.77. The van der Waals surface area contributed by atoms with Gasteiger partial charge in [0.2, 0.25) is 10.0 Å². The van der Waals surface area contributed by atoms with Gasteiger partial charge in [-0.15, -0.1) is 0 Å². The van der Waals surface area contributed by atoms with Gasteiger partial charge in [0.15, 0.2) is 11.3 Å². The zero-order valence-electron chi connectivity index (χ0n) is 15.6. The molecule has 0 unspecified atom stereocenters. The van der Waals surface area contributed by atoms with Gasteiger partial charge in [-0.2, -0.15) is 4.31 Å². The number of sulfonamides is 1. The van der Waals surface area contributed by atoms with Crippen LogP contribution in [0.4, 0.5) is 0 Å². The summed E-state index contributed by atoms with van der Waals surface area (Å²) < 4.78 is 32.2. The lowest BCUT2D eigenvalue weighted by molar-refractivity contribution is 0.0925. The maximum absolute atomic E-state index is 12.7. The van der Waals surface area contributed by atoms with E-state index in [-0.39, 0.29) is 29.7 Å². The SMILES string of the molecule is O=C(NCc1ccc(S(=O)(=O)N2CCC[C@@H](O)C2)cc1)c1cc2ccncc2o1. The molecule has 1 amide bonds. The van der Waals surface area contributed by atoms with E-state index in [9.17, 15) is 18.3 Å². The zero-order valence-corrected chi connectivity index (χ0v) is 16.4. The van der Waals surface area contributed by atoms with E-state index in [1.807, 2.05) is 0 Å². The van der Waals surface area contributed by atoms with Crippen molar-refractivity contribution in [1.29, 1.82) is 0 Å². The summed E-state index contributed by atoms with van der Waals surface area (Å²) in [4.78, 5) is 16.4. The number of furan rings is 1. The Morgan fingerprint density at radius 1 is 1.28 bits per heavy atom. The van der Waals surface area contributed by atoms with Gasteiger partial charge in [0.05, 0.1) is 17.2 Å². The summed E-state index contributed by atoms with van der Waals surface area (Å²) in [5.74, 6) is -0.170. The Hall–Kier alpha value is -2.75. The Balaban J connectivity index is 1.41. The highest BCUT2D eigenvalue weighted by Crippen LogP contribution is 2.21. The number of hydrogen-bond donors (Lipinski definition) is 2. The molecule has 0 bridgehead atoms. The van der Waals surface area contributed by atoms with Crippen molar-refractivity contribution in [3.05, 3.63) is 60.1 Å². The maximum atomic E-state index is 12.7. The van der Waals surface area contributed by atoms with Gasteiger partial charge >= 0.3 is 0 Å². The Labute approximate surface area is 168 Å². The highest BCUT2D eigenvalue weighted by molar-refractivity contribution is 7.89. The smallest absolute Gasteiger partial charge is 0.287 e. The number of aliphatic hydroxyl groups is 1. The average molecular weight is 415 g/mol. The van der Waals surface area contributed by atoms with Crippen LogP contribution in [0.1, 0.15) is 29.0 Å². The van der Waals surface area contributed by atoms with Crippen LogP contribution in [0.2, 0.25) is 0 Å².